The number of aliphatic hydroxyl groups is 1. The van der Waals surface area contributed by atoms with E-state index in [0.717, 1.165) is 12.1 Å². The number of hydrogen-bond donors (Lipinski definition) is 1. The lowest BCUT2D eigenvalue weighted by Gasteiger charge is -2.16. The van der Waals surface area contributed by atoms with Crippen molar-refractivity contribution in [3.63, 3.8) is 0 Å². The van der Waals surface area contributed by atoms with Crippen molar-refractivity contribution in [3.05, 3.63) is 47.3 Å². The maximum Gasteiger partial charge on any atom is 0.111 e. The summed E-state index contributed by atoms with van der Waals surface area (Å²) in [6.45, 7) is 6.37. The minimum Gasteiger partial charge on any atom is -0.390 e. The van der Waals surface area contributed by atoms with Gasteiger partial charge in [-0.3, -0.25) is 0 Å². The van der Waals surface area contributed by atoms with Crippen molar-refractivity contribution in [1.82, 2.24) is 15.0 Å². The molecule has 4 nitrogen and oxygen atoms in total. The van der Waals surface area contributed by atoms with Gasteiger partial charge in [0.2, 0.25) is 0 Å². The largest absolute Gasteiger partial charge is 0.390 e. The molecule has 1 atom stereocenters. The second-order valence-corrected chi connectivity index (χ2v) is 5.27. The van der Waals surface area contributed by atoms with E-state index in [-0.39, 0.29) is 12.6 Å². The molecule has 0 radical (unpaired) electrons. The molecule has 1 unspecified atom stereocenters. The van der Waals surface area contributed by atoms with Gasteiger partial charge < -0.3 is 5.11 Å². The van der Waals surface area contributed by atoms with E-state index in [2.05, 4.69) is 43.2 Å². The topological polar surface area (TPSA) is 50.9 Å². The maximum absolute atomic E-state index is 9.38. The van der Waals surface area contributed by atoms with Crippen LogP contribution in [0.1, 0.15) is 43.8 Å². The van der Waals surface area contributed by atoms with Crippen molar-refractivity contribution in [3.8, 4) is 0 Å². The van der Waals surface area contributed by atoms with Crippen LogP contribution in [0.25, 0.3) is 0 Å². The first-order valence-electron chi connectivity index (χ1n) is 6.72. The third kappa shape index (κ3) is 3.01. The highest BCUT2D eigenvalue weighted by molar-refractivity contribution is 5.21. The molecule has 0 aliphatic carbocycles. The number of benzene rings is 1. The fourth-order valence-corrected chi connectivity index (χ4v) is 2.25. The van der Waals surface area contributed by atoms with Crippen LogP contribution in [0.3, 0.4) is 0 Å². The van der Waals surface area contributed by atoms with Crippen LogP contribution in [-0.2, 0) is 13.0 Å². The zero-order valence-electron chi connectivity index (χ0n) is 11.7. The van der Waals surface area contributed by atoms with E-state index < -0.39 is 0 Å². The highest BCUT2D eigenvalue weighted by atomic mass is 16.3. The summed E-state index contributed by atoms with van der Waals surface area (Å²) in [6, 6.07) is 10.4. The molecule has 1 aromatic carbocycles. The average Bonchev–Trinajstić information content (AvgIpc) is 2.81. The van der Waals surface area contributed by atoms with Crippen LogP contribution in [-0.4, -0.2) is 20.1 Å². The minimum absolute atomic E-state index is 0.0520. The molecule has 0 bridgehead atoms. The Bertz CT molecular complexity index is 519. The molecule has 4 heteroatoms. The fraction of sp³-hybridized carbons (Fsp3) is 0.467. The lowest BCUT2D eigenvalue weighted by Crippen LogP contribution is -2.14. The Kier molecular flexibility index (Phi) is 4.32. The van der Waals surface area contributed by atoms with Gasteiger partial charge in [0.15, 0.2) is 0 Å². The number of rotatable bonds is 5. The summed E-state index contributed by atoms with van der Waals surface area (Å²) in [5, 5.41) is 17.7. The highest BCUT2D eigenvalue weighted by Crippen LogP contribution is 2.21. The van der Waals surface area contributed by atoms with Crippen molar-refractivity contribution in [2.75, 3.05) is 0 Å². The van der Waals surface area contributed by atoms with E-state index in [1.165, 1.54) is 5.56 Å². The number of aliphatic hydroxyl groups excluding tert-OH is 1. The lowest BCUT2D eigenvalue weighted by atomic mass is 10.0. The first kappa shape index (κ1) is 13.7. The minimum atomic E-state index is -0.0520. The molecule has 0 spiro atoms. The third-order valence-corrected chi connectivity index (χ3v) is 3.27. The molecular weight excluding hydrogens is 238 g/mol. The van der Waals surface area contributed by atoms with Crippen LogP contribution in [0, 0.1) is 5.92 Å². The summed E-state index contributed by atoms with van der Waals surface area (Å²) in [6.07, 6.45) is 0.875. The molecule has 0 aliphatic heterocycles. The van der Waals surface area contributed by atoms with Gasteiger partial charge in [-0.1, -0.05) is 49.4 Å². The zero-order chi connectivity index (χ0) is 13.8. The van der Waals surface area contributed by atoms with E-state index in [1.54, 1.807) is 0 Å². The van der Waals surface area contributed by atoms with Crippen molar-refractivity contribution in [1.29, 1.82) is 0 Å². The smallest absolute Gasteiger partial charge is 0.111 e. The monoisotopic (exact) mass is 259 g/mol. The fourth-order valence-electron chi connectivity index (χ4n) is 2.25. The number of aromatic nitrogens is 3. The summed E-state index contributed by atoms with van der Waals surface area (Å²) in [4.78, 5) is 0. The molecule has 0 fully saturated rings. The van der Waals surface area contributed by atoms with E-state index in [4.69, 9.17) is 0 Å². The van der Waals surface area contributed by atoms with Crippen molar-refractivity contribution in [2.45, 2.75) is 39.8 Å². The van der Waals surface area contributed by atoms with Gasteiger partial charge in [-0.15, -0.1) is 5.10 Å². The van der Waals surface area contributed by atoms with Crippen LogP contribution < -0.4 is 0 Å². The quantitative estimate of drug-likeness (QED) is 0.898. The number of hydrogen-bond acceptors (Lipinski definition) is 3. The van der Waals surface area contributed by atoms with Gasteiger partial charge in [-0.25, -0.2) is 4.68 Å². The molecule has 0 saturated carbocycles. The van der Waals surface area contributed by atoms with Gasteiger partial charge in [0.1, 0.15) is 5.69 Å². The molecule has 0 saturated heterocycles. The van der Waals surface area contributed by atoms with Gasteiger partial charge in [-0.05, 0) is 24.8 Å². The van der Waals surface area contributed by atoms with Crippen LogP contribution in [0.4, 0.5) is 0 Å². The molecule has 2 rings (SSSR count). The molecule has 2 aromatic rings. The second-order valence-electron chi connectivity index (χ2n) is 5.27. The summed E-state index contributed by atoms with van der Waals surface area (Å²) >= 11 is 0. The first-order chi connectivity index (χ1) is 9.13. The van der Waals surface area contributed by atoms with Gasteiger partial charge in [0.05, 0.1) is 18.3 Å². The summed E-state index contributed by atoms with van der Waals surface area (Å²) < 4.78 is 1.93. The van der Waals surface area contributed by atoms with E-state index in [9.17, 15) is 5.11 Å². The third-order valence-electron chi connectivity index (χ3n) is 3.27. The Morgan fingerprint density at radius 1 is 1.16 bits per heavy atom. The predicted octanol–water partition coefficient (Wildman–Crippen LogP) is 2.58. The van der Waals surface area contributed by atoms with Gasteiger partial charge in [0, 0.05) is 0 Å². The van der Waals surface area contributed by atoms with Gasteiger partial charge in [-0.2, -0.15) is 0 Å². The molecule has 1 aromatic heterocycles. The zero-order valence-corrected chi connectivity index (χ0v) is 11.7. The standard InChI is InChI=1S/C15H21N3O/c1-11(2)9-15-14(10-19)16-17-18(15)12(3)13-7-5-4-6-8-13/h4-8,11-12,19H,9-10H2,1-3H3. The van der Waals surface area contributed by atoms with Crippen molar-refractivity contribution >= 4 is 0 Å². The Morgan fingerprint density at radius 2 is 1.84 bits per heavy atom. The van der Waals surface area contributed by atoms with Crippen molar-refractivity contribution in [2.24, 2.45) is 5.92 Å². The van der Waals surface area contributed by atoms with Crippen LogP contribution >= 0.6 is 0 Å². The second kappa shape index (κ2) is 5.97. The SMILES string of the molecule is CC(C)Cc1c(CO)nnn1C(C)c1ccccc1. The molecule has 0 amide bonds. The van der Waals surface area contributed by atoms with E-state index >= 15 is 0 Å². The molecule has 102 valence electrons. The molecule has 19 heavy (non-hydrogen) atoms. The van der Waals surface area contributed by atoms with Gasteiger partial charge >= 0.3 is 0 Å². The van der Waals surface area contributed by atoms with Crippen LogP contribution in [0.5, 0.6) is 0 Å². The average molecular weight is 259 g/mol. The number of nitrogens with zero attached hydrogens (tertiary/aromatic N) is 3. The summed E-state index contributed by atoms with van der Waals surface area (Å²) in [5.74, 6) is 0.505. The normalized spacial score (nSPS) is 12.9. The molecular formula is C15H21N3O. The maximum atomic E-state index is 9.38. The summed E-state index contributed by atoms with van der Waals surface area (Å²) in [5.41, 5.74) is 2.92. The van der Waals surface area contributed by atoms with E-state index in [1.807, 2.05) is 22.9 Å². The Labute approximate surface area is 114 Å². The van der Waals surface area contributed by atoms with Gasteiger partial charge in [0.25, 0.3) is 0 Å². The summed E-state index contributed by atoms with van der Waals surface area (Å²) in [7, 11) is 0. The van der Waals surface area contributed by atoms with Crippen LogP contribution in [0.15, 0.2) is 30.3 Å². The Balaban J connectivity index is 2.36. The molecule has 1 heterocycles. The Morgan fingerprint density at radius 3 is 2.42 bits per heavy atom. The first-order valence-corrected chi connectivity index (χ1v) is 6.72. The lowest BCUT2D eigenvalue weighted by molar-refractivity contribution is 0.275. The Hall–Kier alpha value is -1.68. The molecule has 0 aliphatic rings. The molecule has 1 N–H and O–H groups in total. The predicted molar refractivity (Wildman–Crippen MR) is 74.7 cm³/mol. The highest BCUT2D eigenvalue weighted by Gasteiger charge is 2.18. The van der Waals surface area contributed by atoms with Crippen molar-refractivity contribution < 1.29 is 5.11 Å². The van der Waals surface area contributed by atoms with E-state index in [0.29, 0.717) is 11.6 Å². The van der Waals surface area contributed by atoms with Crippen LogP contribution in [0.2, 0.25) is 0 Å².